The largest absolute Gasteiger partial charge is 0.353 e. The highest BCUT2D eigenvalue weighted by atomic mass is 79.9. The monoisotopic (exact) mass is 348 g/mol. The second-order valence-electron chi connectivity index (χ2n) is 4.46. The molecule has 0 N–H and O–H groups in total. The Balaban J connectivity index is 1.61. The molecule has 1 heterocycles. The van der Waals surface area contributed by atoms with E-state index in [1.165, 1.54) is 12.5 Å². The molecule has 0 radical (unpaired) electrons. The van der Waals surface area contributed by atoms with Crippen molar-refractivity contribution in [1.29, 1.82) is 0 Å². The van der Waals surface area contributed by atoms with Gasteiger partial charge in [0.05, 0.1) is 6.61 Å². The molecule has 1 aromatic rings. The topological polar surface area (TPSA) is 18.5 Å². The van der Waals surface area contributed by atoms with Gasteiger partial charge in [-0.2, -0.15) is 11.8 Å². The zero-order valence-corrected chi connectivity index (χ0v) is 13.1. The molecule has 5 heteroatoms. The summed E-state index contributed by atoms with van der Waals surface area (Å²) in [5.41, 5.74) is 0.738. The van der Waals surface area contributed by atoms with Crippen LogP contribution in [0.3, 0.4) is 0 Å². The third kappa shape index (κ3) is 5.42. The highest BCUT2D eigenvalue weighted by molar-refractivity contribution is 9.10. The van der Waals surface area contributed by atoms with Gasteiger partial charge in [-0.05, 0) is 37.0 Å². The van der Waals surface area contributed by atoms with E-state index in [0.717, 1.165) is 35.2 Å². The summed E-state index contributed by atoms with van der Waals surface area (Å²) in [5, 5.41) is 0. The van der Waals surface area contributed by atoms with Crippen LogP contribution < -0.4 is 0 Å². The molecule has 19 heavy (non-hydrogen) atoms. The molecule has 1 fully saturated rings. The van der Waals surface area contributed by atoms with Crippen LogP contribution in [0.5, 0.6) is 0 Å². The first-order chi connectivity index (χ1) is 9.25. The molecular formula is C14H18BrFO2S. The maximum Gasteiger partial charge on any atom is 0.157 e. The molecule has 2 nitrogen and oxygen atoms in total. The van der Waals surface area contributed by atoms with Crippen LogP contribution in [0, 0.1) is 5.82 Å². The van der Waals surface area contributed by atoms with Gasteiger partial charge < -0.3 is 9.47 Å². The molecule has 1 unspecified atom stereocenters. The van der Waals surface area contributed by atoms with Gasteiger partial charge in [0.1, 0.15) is 5.82 Å². The number of thioether (sulfide) groups is 1. The number of rotatable bonds is 6. The second kappa shape index (κ2) is 8.25. The van der Waals surface area contributed by atoms with Gasteiger partial charge in [-0.15, -0.1) is 0 Å². The Morgan fingerprint density at radius 1 is 1.42 bits per heavy atom. The minimum atomic E-state index is -0.154. The minimum absolute atomic E-state index is 0.0289. The summed E-state index contributed by atoms with van der Waals surface area (Å²) in [6.07, 6.45) is 3.28. The van der Waals surface area contributed by atoms with Crippen molar-refractivity contribution in [2.45, 2.75) is 31.3 Å². The molecule has 1 saturated heterocycles. The number of hydrogen-bond acceptors (Lipinski definition) is 3. The minimum Gasteiger partial charge on any atom is -0.353 e. The van der Waals surface area contributed by atoms with Crippen LogP contribution in [0.4, 0.5) is 4.39 Å². The quantitative estimate of drug-likeness (QED) is 0.711. The van der Waals surface area contributed by atoms with Crippen LogP contribution >= 0.6 is 27.7 Å². The van der Waals surface area contributed by atoms with Crippen LogP contribution in [-0.4, -0.2) is 25.3 Å². The van der Waals surface area contributed by atoms with Gasteiger partial charge in [-0.3, -0.25) is 0 Å². The molecule has 0 saturated carbocycles. The van der Waals surface area contributed by atoms with Crippen molar-refractivity contribution in [2.24, 2.45) is 0 Å². The summed E-state index contributed by atoms with van der Waals surface area (Å²) >= 11 is 4.93. The SMILES string of the molecule is Fc1cc(Br)ccc1CSCCOC1CCCCO1. The standard InChI is InChI=1S/C14H18BrFO2S/c15-12-5-4-11(13(16)9-12)10-19-8-7-18-14-3-1-2-6-17-14/h4-5,9,14H,1-3,6-8,10H2. The second-order valence-corrected chi connectivity index (χ2v) is 6.48. The average molecular weight is 349 g/mol. The third-order valence-corrected chi connectivity index (χ3v) is 4.41. The van der Waals surface area contributed by atoms with Gasteiger partial charge in [0.15, 0.2) is 6.29 Å². The first-order valence-electron chi connectivity index (χ1n) is 6.50. The smallest absolute Gasteiger partial charge is 0.157 e. The molecule has 1 aliphatic heterocycles. The van der Waals surface area contributed by atoms with Gasteiger partial charge in [0.25, 0.3) is 0 Å². The third-order valence-electron chi connectivity index (χ3n) is 2.94. The Kier molecular flexibility index (Phi) is 6.64. The van der Waals surface area contributed by atoms with Crippen LogP contribution in [0.15, 0.2) is 22.7 Å². The summed E-state index contributed by atoms with van der Waals surface area (Å²) in [6.45, 7) is 1.47. The lowest BCUT2D eigenvalue weighted by atomic mass is 10.2. The van der Waals surface area contributed by atoms with E-state index in [1.54, 1.807) is 11.8 Å². The Morgan fingerprint density at radius 3 is 3.05 bits per heavy atom. The normalized spacial score (nSPS) is 19.6. The highest BCUT2D eigenvalue weighted by Gasteiger charge is 2.13. The van der Waals surface area contributed by atoms with E-state index in [2.05, 4.69) is 15.9 Å². The number of hydrogen-bond donors (Lipinski definition) is 0. The summed E-state index contributed by atoms with van der Waals surface area (Å²) in [4.78, 5) is 0. The molecule has 1 aliphatic rings. The molecule has 106 valence electrons. The molecule has 1 aromatic carbocycles. The predicted octanol–water partition coefficient (Wildman–Crippen LogP) is 4.36. The molecule has 1 atom stereocenters. The Hall–Kier alpha value is -0.100. The number of halogens is 2. The zero-order chi connectivity index (χ0) is 13.5. The molecule has 0 aromatic heterocycles. The zero-order valence-electron chi connectivity index (χ0n) is 10.7. The van der Waals surface area contributed by atoms with E-state index in [4.69, 9.17) is 9.47 Å². The van der Waals surface area contributed by atoms with Gasteiger partial charge in [-0.25, -0.2) is 4.39 Å². The first-order valence-corrected chi connectivity index (χ1v) is 8.45. The van der Waals surface area contributed by atoms with Crippen molar-refractivity contribution in [2.75, 3.05) is 19.0 Å². The highest BCUT2D eigenvalue weighted by Crippen LogP contribution is 2.20. The van der Waals surface area contributed by atoms with Crippen molar-refractivity contribution in [1.82, 2.24) is 0 Å². The number of ether oxygens (including phenoxy) is 2. The fourth-order valence-corrected chi connectivity index (χ4v) is 3.05. The summed E-state index contributed by atoms with van der Waals surface area (Å²) in [5.74, 6) is 1.38. The molecule has 0 amide bonds. The number of benzene rings is 1. The molecule has 2 rings (SSSR count). The van der Waals surface area contributed by atoms with Gasteiger partial charge in [0.2, 0.25) is 0 Å². The fraction of sp³-hybridized carbons (Fsp3) is 0.571. The van der Waals surface area contributed by atoms with E-state index >= 15 is 0 Å². The van der Waals surface area contributed by atoms with E-state index < -0.39 is 0 Å². The van der Waals surface area contributed by atoms with Crippen molar-refractivity contribution in [3.05, 3.63) is 34.1 Å². The Labute approximate surface area is 126 Å². The van der Waals surface area contributed by atoms with Gasteiger partial charge >= 0.3 is 0 Å². The van der Waals surface area contributed by atoms with Gasteiger partial charge in [0, 0.05) is 22.6 Å². The first kappa shape index (κ1) is 15.3. The van der Waals surface area contributed by atoms with E-state index in [9.17, 15) is 4.39 Å². The van der Waals surface area contributed by atoms with Crippen molar-refractivity contribution in [3.8, 4) is 0 Å². The van der Waals surface area contributed by atoms with E-state index in [1.807, 2.05) is 12.1 Å². The molecule has 0 aliphatic carbocycles. The van der Waals surface area contributed by atoms with Crippen molar-refractivity contribution >= 4 is 27.7 Å². The lowest BCUT2D eigenvalue weighted by molar-refractivity contribution is -0.158. The van der Waals surface area contributed by atoms with Crippen LogP contribution in [0.2, 0.25) is 0 Å². The average Bonchev–Trinajstić information content (AvgIpc) is 2.42. The van der Waals surface area contributed by atoms with Gasteiger partial charge in [-0.1, -0.05) is 22.0 Å². The van der Waals surface area contributed by atoms with E-state index in [-0.39, 0.29) is 12.1 Å². The van der Waals surface area contributed by atoms with Crippen LogP contribution in [0.1, 0.15) is 24.8 Å². The van der Waals surface area contributed by atoms with Crippen LogP contribution in [0.25, 0.3) is 0 Å². The Bertz CT molecular complexity index is 397. The van der Waals surface area contributed by atoms with Crippen LogP contribution in [-0.2, 0) is 15.2 Å². The lowest BCUT2D eigenvalue weighted by Crippen LogP contribution is -2.23. The van der Waals surface area contributed by atoms with Crippen molar-refractivity contribution in [3.63, 3.8) is 0 Å². The lowest BCUT2D eigenvalue weighted by Gasteiger charge is -2.22. The van der Waals surface area contributed by atoms with E-state index in [0.29, 0.717) is 12.4 Å². The predicted molar refractivity (Wildman–Crippen MR) is 79.8 cm³/mol. The summed E-state index contributed by atoms with van der Waals surface area (Å²) in [7, 11) is 0. The maximum atomic E-state index is 13.6. The van der Waals surface area contributed by atoms with Crippen molar-refractivity contribution < 1.29 is 13.9 Å². The summed E-state index contributed by atoms with van der Waals surface area (Å²) < 4.78 is 25.4. The Morgan fingerprint density at radius 2 is 2.32 bits per heavy atom. The summed E-state index contributed by atoms with van der Waals surface area (Å²) in [6, 6.07) is 5.19. The molecular weight excluding hydrogens is 331 g/mol. The molecule has 0 bridgehead atoms. The molecule has 0 spiro atoms. The maximum absolute atomic E-state index is 13.6. The fourth-order valence-electron chi connectivity index (χ4n) is 1.90.